The molecular weight excluding hydrogens is 460 g/mol. The van der Waals surface area contributed by atoms with E-state index in [2.05, 4.69) is 26.1 Å². The molecule has 0 bridgehead atoms. The van der Waals surface area contributed by atoms with Gasteiger partial charge in [0.2, 0.25) is 0 Å². The third kappa shape index (κ3) is 5.58. The lowest BCUT2D eigenvalue weighted by molar-refractivity contribution is 0.171. The number of benzene rings is 3. The summed E-state index contributed by atoms with van der Waals surface area (Å²) < 4.78 is 1.68. The van der Waals surface area contributed by atoms with Gasteiger partial charge in [-0.05, 0) is 67.1 Å². The van der Waals surface area contributed by atoms with Gasteiger partial charge in [0.15, 0.2) is 0 Å². The smallest absolute Gasteiger partial charge is 0.314 e. The van der Waals surface area contributed by atoms with Gasteiger partial charge in [0.1, 0.15) is 5.82 Å². The number of nitrogens with zero attached hydrogens (tertiary/aromatic N) is 3. The van der Waals surface area contributed by atoms with Crippen LogP contribution >= 0.6 is 0 Å². The molecule has 192 valence electrons. The van der Waals surface area contributed by atoms with Crippen LogP contribution in [-0.4, -0.2) is 27.0 Å². The van der Waals surface area contributed by atoms with E-state index in [1.807, 2.05) is 91.5 Å². The fraction of sp³-hybridized carbons (Fsp3) is 0.323. The first-order valence-corrected chi connectivity index (χ1v) is 13.1. The lowest BCUT2D eigenvalue weighted by atomic mass is 10.1. The summed E-state index contributed by atoms with van der Waals surface area (Å²) in [7, 11) is 0. The predicted molar refractivity (Wildman–Crippen MR) is 151 cm³/mol. The molecule has 3 aromatic carbocycles. The molecule has 6 nitrogen and oxygen atoms in total. The molecular formula is C31H36N4O2. The average molecular weight is 497 g/mol. The van der Waals surface area contributed by atoms with Gasteiger partial charge in [0.05, 0.1) is 22.6 Å². The third-order valence-electron chi connectivity index (χ3n) is 6.67. The molecule has 37 heavy (non-hydrogen) atoms. The van der Waals surface area contributed by atoms with Crippen molar-refractivity contribution in [1.29, 1.82) is 0 Å². The van der Waals surface area contributed by atoms with E-state index in [-0.39, 0.29) is 17.5 Å². The number of carbonyl (C=O) groups is 1. The highest BCUT2D eigenvalue weighted by Crippen LogP contribution is 2.28. The van der Waals surface area contributed by atoms with Crippen LogP contribution in [0.25, 0.3) is 16.6 Å². The van der Waals surface area contributed by atoms with Crippen LogP contribution in [0.1, 0.15) is 57.1 Å². The van der Waals surface area contributed by atoms with Crippen molar-refractivity contribution in [3.63, 3.8) is 0 Å². The Labute approximate surface area is 219 Å². The first kappa shape index (κ1) is 26.1. The number of hydrogen-bond donors (Lipinski definition) is 1. The zero-order chi connectivity index (χ0) is 26.5. The molecule has 0 fully saturated rings. The van der Waals surface area contributed by atoms with Crippen LogP contribution in [0.5, 0.6) is 0 Å². The lowest BCUT2D eigenvalue weighted by Gasteiger charge is -2.33. The summed E-state index contributed by atoms with van der Waals surface area (Å²) in [5.74, 6) is 0.789. The number of amides is 2. The Hall–Kier alpha value is -3.93. The number of rotatable bonds is 8. The van der Waals surface area contributed by atoms with E-state index >= 15 is 0 Å². The molecule has 0 spiro atoms. The number of anilines is 1. The summed E-state index contributed by atoms with van der Waals surface area (Å²) in [6, 6.07) is 22.5. The third-order valence-corrected chi connectivity index (χ3v) is 6.67. The van der Waals surface area contributed by atoms with E-state index in [4.69, 9.17) is 4.98 Å². The lowest BCUT2D eigenvalue weighted by Crippen LogP contribution is -2.42. The number of nitrogens with one attached hydrogen (secondary N) is 1. The van der Waals surface area contributed by atoms with Gasteiger partial charge in [-0.25, -0.2) is 9.78 Å². The summed E-state index contributed by atoms with van der Waals surface area (Å²) in [4.78, 5) is 34.5. The standard InChI is InChI=1S/C31H36N4O2/c1-6-23-16-18-24(19-17-23)35-29(32-27-15-11-9-13-25(27)30(35)36)28(7-2)34(20-21(3)4)31(37)33-26-14-10-8-12-22(26)5/h8-19,21,28H,6-7,20H2,1-5H3,(H,33,37). The van der Waals surface area contributed by atoms with Crippen molar-refractivity contribution in [1.82, 2.24) is 14.5 Å². The van der Waals surface area contributed by atoms with Crippen LogP contribution in [0.3, 0.4) is 0 Å². The van der Waals surface area contributed by atoms with Gasteiger partial charge in [-0.3, -0.25) is 9.36 Å². The Balaban J connectivity index is 1.88. The molecule has 4 rings (SSSR count). The minimum absolute atomic E-state index is 0.132. The number of aromatic nitrogens is 2. The number of fused-ring (bicyclic) bond motifs is 1. The van der Waals surface area contributed by atoms with Crippen LogP contribution in [0.15, 0.2) is 77.6 Å². The second kappa shape index (κ2) is 11.4. The van der Waals surface area contributed by atoms with Gasteiger partial charge in [-0.1, -0.05) is 70.2 Å². The van der Waals surface area contributed by atoms with E-state index in [0.717, 1.165) is 23.4 Å². The normalized spacial score (nSPS) is 12.1. The topological polar surface area (TPSA) is 67.2 Å². The van der Waals surface area contributed by atoms with Gasteiger partial charge >= 0.3 is 6.03 Å². The molecule has 0 aliphatic heterocycles. The second-order valence-corrected chi connectivity index (χ2v) is 9.86. The Kier molecular flexibility index (Phi) is 8.07. The molecule has 0 radical (unpaired) electrons. The maximum atomic E-state index is 13.9. The van der Waals surface area contributed by atoms with Crippen molar-refractivity contribution < 1.29 is 4.79 Å². The van der Waals surface area contributed by atoms with Crippen molar-refractivity contribution in [2.24, 2.45) is 5.92 Å². The fourth-order valence-corrected chi connectivity index (χ4v) is 4.69. The van der Waals surface area contributed by atoms with Gasteiger partial charge in [0, 0.05) is 12.2 Å². The van der Waals surface area contributed by atoms with Crippen LogP contribution in [0.2, 0.25) is 0 Å². The molecule has 2 amide bonds. The summed E-state index contributed by atoms with van der Waals surface area (Å²) in [5, 5.41) is 3.65. The van der Waals surface area contributed by atoms with Crippen molar-refractivity contribution in [2.75, 3.05) is 11.9 Å². The van der Waals surface area contributed by atoms with Gasteiger partial charge in [-0.15, -0.1) is 0 Å². The molecule has 1 atom stereocenters. The number of hydrogen-bond acceptors (Lipinski definition) is 3. The highest BCUT2D eigenvalue weighted by atomic mass is 16.2. The average Bonchev–Trinajstić information content (AvgIpc) is 2.90. The van der Waals surface area contributed by atoms with Gasteiger partial charge in [-0.2, -0.15) is 0 Å². The maximum absolute atomic E-state index is 13.9. The molecule has 1 N–H and O–H groups in total. The summed E-state index contributed by atoms with van der Waals surface area (Å²) in [5.41, 5.74) is 4.20. The summed E-state index contributed by atoms with van der Waals surface area (Å²) in [6.45, 7) is 10.8. The summed E-state index contributed by atoms with van der Waals surface area (Å²) >= 11 is 0. The predicted octanol–water partition coefficient (Wildman–Crippen LogP) is 6.90. The largest absolute Gasteiger partial charge is 0.322 e. The molecule has 0 aliphatic rings. The monoisotopic (exact) mass is 496 g/mol. The minimum atomic E-state index is -0.408. The quantitative estimate of drug-likeness (QED) is 0.289. The molecule has 0 saturated heterocycles. The van der Waals surface area contributed by atoms with Crippen molar-refractivity contribution in [3.05, 3.63) is 100 Å². The number of para-hydroxylation sites is 2. The van der Waals surface area contributed by atoms with Crippen LogP contribution in [0.4, 0.5) is 10.5 Å². The van der Waals surface area contributed by atoms with Gasteiger partial charge < -0.3 is 10.2 Å². The Morgan fingerprint density at radius 3 is 2.30 bits per heavy atom. The first-order valence-electron chi connectivity index (χ1n) is 13.1. The molecule has 4 aromatic rings. The Bertz CT molecular complexity index is 1440. The molecule has 1 aromatic heterocycles. The zero-order valence-electron chi connectivity index (χ0n) is 22.4. The fourth-order valence-electron chi connectivity index (χ4n) is 4.69. The van der Waals surface area contributed by atoms with E-state index in [1.165, 1.54) is 5.56 Å². The van der Waals surface area contributed by atoms with Crippen molar-refractivity contribution in [2.45, 2.75) is 53.5 Å². The minimum Gasteiger partial charge on any atom is -0.314 e. The molecule has 6 heteroatoms. The first-order chi connectivity index (χ1) is 17.8. The van der Waals surface area contributed by atoms with Crippen LogP contribution in [-0.2, 0) is 6.42 Å². The van der Waals surface area contributed by atoms with E-state index in [0.29, 0.717) is 29.7 Å². The SMILES string of the molecule is CCc1ccc(-n2c(C(CC)N(CC(C)C)C(=O)Nc3ccccc3C)nc3ccccc3c2=O)cc1. The van der Waals surface area contributed by atoms with Crippen molar-refractivity contribution in [3.8, 4) is 5.69 Å². The van der Waals surface area contributed by atoms with Crippen LogP contribution in [0, 0.1) is 12.8 Å². The van der Waals surface area contributed by atoms with E-state index in [9.17, 15) is 9.59 Å². The number of carbonyl (C=O) groups excluding carboxylic acids is 1. The highest BCUT2D eigenvalue weighted by molar-refractivity contribution is 5.90. The molecule has 1 unspecified atom stereocenters. The Morgan fingerprint density at radius 1 is 0.973 bits per heavy atom. The van der Waals surface area contributed by atoms with E-state index in [1.54, 1.807) is 4.57 Å². The highest BCUT2D eigenvalue weighted by Gasteiger charge is 2.30. The zero-order valence-corrected chi connectivity index (χ0v) is 22.4. The molecule has 0 aliphatic carbocycles. The molecule has 0 saturated carbocycles. The summed E-state index contributed by atoms with van der Waals surface area (Å²) in [6.07, 6.45) is 1.52. The van der Waals surface area contributed by atoms with Crippen LogP contribution < -0.4 is 10.9 Å². The molecule has 1 heterocycles. The van der Waals surface area contributed by atoms with E-state index < -0.39 is 6.04 Å². The Morgan fingerprint density at radius 2 is 1.65 bits per heavy atom. The maximum Gasteiger partial charge on any atom is 0.322 e. The number of aryl methyl sites for hydroxylation is 2. The second-order valence-electron chi connectivity index (χ2n) is 9.86. The van der Waals surface area contributed by atoms with Gasteiger partial charge in [0.25, 0.3) is 5.56 Å². The number of urea groups is 1. The van der Waals surface area contributed by atoms with Crippen molar-refractivity contribution >= 4 is 22.6 Å².